The van der Waals surface area contributed by atoms with Crippen molar-refractivity contribution >= 4 is 15.9 Å². The second kappa shape index (κ2) is 8.01. The first-order chi connectivity index (χ1) is 12.1. The van der Waals surface area contributed by atoms with Crippen LogP contribution >= 0.6 is 0 Å². The van der Waals surface area contributed by atoms with Gasteiger partial charge in [0.15, 0.2) is 0 Å². The Kier molecular flexibility index (Phi) is 6.21. The molecule has 0 spiro atoms. The van der Waals surface area contributed by atoms with Gasteiger partial charge in [0.2, 0.25) is 15.9 Å². The zero-order chi connectivity index (χ0) is 19.4. The summed E-state index contributed by atoms with van der Waals surface area (Å²) in [7, 11) is -3.72. The quantitative estimate of drug-likeness (QED) is 0.816. The molecule has 2 N–H and O–H groups in total. The molecule has 0 fully saturated rings. The van der Waals surface area contributed by atoms with E-state index in [4.69, 9.17) is 0 Å². The minimum atomic E-state index is -3.72. The third-order valence-electron chi connectivity index (χ3n) is 4.03. The second-order valence-corrected chi connectivity index (χ2v) is 9.13. The fourth-order valence-electron chi connectivity index (χ4n) is 2.46. The van der Waals surface area contributed by atoms with E-state index in [9.17, 15) is 13.2 Å². The molecule has 0 heterocycles. The number of nitrogens with one attached hydrogen (secondary N) is 2. The molecule has 1 amide bonds. The van der Waals surface area contributed by atoms with Gasteiger partial charge in [-0.15, -0.1) is 0 Å². The summed E-state index contributed by atoms with van der Waals surface area (Å²) in [5, 5.41) is 2.71. The summed E-state index contributed by atoms with van der Waals surface area (Å²) in [4.78, 5) is 12.1. The van der Waals surface area contributed by atoms with Crippen LogP contribution in [0.15, 0.2) is 53.4 Å². The van der Waals surface area contributed by atoms with E-state index in [0.717, 1.165) is 16.7 Å². The van der Waals surface area contributed by atoms with Crippen LogP contribution in [-0.4, -0.2) is 20.9 Å². The fourth-order valence-corrected chi connectivity index (χ4v) is 3.45. The third kappa shape index (κ3) is 5.68. The summed E-state index contributed by atoms with van der Waals surface area (Å²) >= 11 is 0. The molecule has 0 unspecified atom stereocenters. The number of rotatable bonds is 6. The lowest BCUT2D eigenvalue weighted by Gasteiger charge is -2.19. The summed E-state index contributed by atoms with van der Waals surface area (Å²) in [5.74, 6) is -0.374. The summed E-state index contributed by atoms with van der Waals surface area (Å²) in [6.45, 7) is 8.23. The zero-order valence-electron chi connectivity index (χ0n) is 15.7. The van der Waals surface area contributed by atoms with Gasteiger partial charge in [-0.3, -0.25) is 4.79 Å². The number of amides is 1. The Morgan fingerprint density at radius 1 is 1.04 bits per heavy atom. The van der Waals surface area contributed by atoms with Gasteiger partial charge in [0.1, 0.15) is 0 Å². The van der Waals surface area contributed by atoms with E-state index in [2.05, 4.69) is 30.8 Å². The highest BCUT2D eigenvalue weighted by atomic mass is 32.2. The summed E-state index contributed by atoms with van der Waals surface area (Å²) < 4.78 is 27.0. The maximum Gasteiger partial charge on any atom is 0.241 e. The molecule has 6 heteroatoms. The topological polar surface area (TPSA) is 75.3 Å². The average Bonchev–Trinajstić information content (AvgIpc) is 2.58. The molecule has 2 aromatic carbocycles. The Balaban J connectivity index is 1.91. The van der Waals surface area contributed by atoms with Crippen LogP contribution in [0.4, 0.5) is 0 Å². The van der Waals surface area contributed by atoms with Crippen molar-refractivity contribution in [2.75, 3.05) is 6.54 Å². The van der Waals surface area contributed by atoms with Crippen molar-refractivity contribution in [3.8, 4) is 0 Å². The Bertz CT molecular complexity index is 867. The third-order valence-corrected chi connectivity index (χ3v) is 5.44. The molecule has 140 valence electrons. The molecule has 2 aromatic rings. The number of sulfonamides is 1. The van der Waals surface area contributed by atoms with Crippen LogP contribution in [0.1, 0.15) is 37.5 Å². The highest BCUT2D eigenvalue weighted by Gasteiger charge is 2.18. The molecule has 0 atom stereocenters. The standard InChI is InChI=1S/C20H26N2O3S/c1-15-6-5-7-16(12-15)13-21-19(23)14-22-26(24,25)18-10-8-17(9-11-18)20(2,3)4/h5-12,22H,13-14H2,1-4H3,(H,21,23). The van der Waals surface area contributed by atoms with Gasteiger partial charge in [-0.05, 0) is 35.6 Å². The van der Waals surface area contributed by atoms with Crippen LogP contribution in [0.2, 0.25) is 0 Å². The number of benzene rings is 2. The minimum Gasteiger partial charge on any atom is -0.351 e. The number of carbonyl (C=O) groups excluding carboxylic acids is 1. The lowest BCUT2D eigenvalue weighted by Crippen LogP contribution is -2.36. The monoisotopic (exact) mass is 374 g/mol. The van der Waals surface area contributed by atoms with E-state index in [0.29, 0.717) is 6.54 Å². The first kappa shape index (κ1) is 20.1. The Hall–Kier alpha value is -2.18. The van der Waals surface area contributed by atoms with Crippen molar-refractivity contribution in [2.45, 2.75) is 44.6 Å². The molecule has 5 nitrogen and oxygen atoms in total. The van der Waals surface area contributed by atoms with E-state index < -0.39 is 10.0 Å². The van der Waals surface area contributed by atoms with Crippen LogP contribution in [0.3, 0.4) is 0 Å². The lowest BCUT2D eigenvalue weighted by atomic mass is 9.87. The lowest BCUT2D eigenvalue weighted by molar-refractivity contribution is -0.120. The summed E-state index contributed by atoms with van der Waals surface area (Å²) in [6.07, 6.45) is 0. The van der Waals surface area contributed by atoms with Crippen LogP contribution < -0.4 is 10.0 Å². The molecule has 0 saturated heterocycles. The molecular formula is C20H26N2O3S. The van der Waals surface area contributed by atoms with Gasteiger partial charge < -0.3 is 5.32 Å². The number of hydrogen-bond donors (Lipinski definition) is 2. The van der Waals surface area contributed by atoms with Gasteiger partial charge in [-0.1, -0.05) is 62.7 Å². The average molecular weight is 375 g/mol. The Labute approximate surface area is 155 Å². The van der Waals surface area contributed by atoms with Gasteiger partial charge in [-0.2, -0.15) is 0 Å². The highest BCUT2D eigenvalue weighted by Crippen LogP contribution is 2.23. The van der Waals surface area contributed by atoms with Crippen molar-refractivity contribution in [3.63, 3.8) is 0 Å². The van der Waals surface area contributed by atoms with E-state index in [-0.39, 0.29) is 22.8 Å². The highest BCUT2D eigenvalue weighted by molar-refractivity contribution is 7.89. The maximum absolute atomic E-state index is 12.3. The normalized spacial score (nSPS) is 12.0. The van der Waals surface area contributed by atoms with E-state index >= 15 is 0 Å². The fraction of sp³-hybridized carbons (Fsp3) is 0.350. The van der Waals surface area contributed by atoms with Crippen LogP contribution in [0.25, 0.3) is 0 Å². The number of hydrogen-bond acceptors (Lipinski definition) is 3. The smallest absolute Gasteiger partial charge is 0.241 e. The predicted molar refractivity (Wildman–Crippen MR) is 103 cm³/mol. The number of carbonyl (C=O) groups is 1. The molecule has 0 radical (unpaired) electrons. The van der Waals surface area contributed by atoms with Crippen LogP contribution in [0, 0.1) is 6.92 Å². The molecule has 0 aliphatic carbocycles. The van der Waals surface area contributed by atoms with Gasteiger partial charge in [0, 0.05) is 6.54 Å². The summed E-state index contributed by atoms with van der Waals surface area (Å²) in [5.41, 5.74) is 3.08. The van der Waals surface area contributed by atoms with Crippen molar-refractivity contribution < 1.29 is 13.2 Å². The molecule has 0 saturated carbocycles. The first-order valence-corrected chi connectivity index (χ1v) is 9.99. The molecule has 0 aliphatic heterocycles. The van der Waals surface area contributed by atoms with Gasteiger partial charge >= 0.3 is 0 Å². The van der Waals surface area contributed by atoms with Crippen molar-refractivity contribution in [2.24, 2.45) is 0 Å². The molecule has 0 aliphatic rings. The molecular weight excluding hydrogens is 348 g/mol. The van der Waals surface area contributed by atoms with E-state index in [1.54, 1.807) is 24.3 Å². The Morgan fingerprint density at radius 3 is 2.27 bits per heavy atom. The van der Waals surface area contributed by atoms with Crippen molar-refractivity contribution in [1.29, 1.82) is 0 Å². The molecule has 0 aromatic heterocycles. The second-order valence-electron chi connectivity index (χ2n) is 7.36. The van der Waals surface area contributed by atoms with Gasteiger partial charge in [-0.25, -0.2) is 13.1 Å². The first-order valence-electron chi connectivity index (χ1n) is 8.50. The predicted octanol–water partition coefficient (Wildman–Crippen LogP) is 2.89. The Morgan fingerprint density at radius 2 is 1.69 bits per heavy atom. The molecule has 0 bridgehead atoms. The minimum absolute atomic E-state index is 0.0502. The SMILES string of the molecule is Cc1cccc(CNC(=O)CNS(=O)(=O)c2ccc(C(C)(C)C)cc2)c1. The van der Waals surface area contributed by atoms with Gasteiger partial charge in [0.05, 0.1) is 11.4 Å². The van der Waals surface area contributed by atoms with Crippen molar-refractivity contribution in [1.82, 2.24) is 10.0 Å². The molecule has 2 rings (SSSR count). The van der Waals surface area contributed by atoms with E-state index in [1.165, 1.54) is 0 Å². The zero-order valence-corrected chi connectivity index (χ0v) is 16.5. The van der Waals surface area contributed by atoms with Crippen LogP contribution in [0.5, 0.6) is 0 Å². The van der Waals surface area contributed by atoms with Crippen LogP contribution in [-0.2, 0) is 26.8 Å². The van der Waals surface area contributed by atoms with E-state index in [1.807, 2.05) is 31.2 Å². The van der Waals surface area contributed by atoms with Crippen molar-refractivity contribution in [3.05, 3.63) is 65.2 Å². The largest absolute Gasteiger partial charge is 0.351 e. The maximum atomic E-state index is 12.3. The number of aryl methyl sites for hydroxylation is 1. The molecule has 26 heavy (non-hydrogen) atoms. The van der Waals surface area contributed by atoms with Gasteiger partial charge in [0.25, 0.3) is 0 Å². The summed E-state index contributed by atoms with van der Waals surface area (Å²) in [6, 6.07) is 14.5.